The number of carbonyl (C=O) groups excluding carboxylic acids is 1. The molecule has 11 heavy (non-hydrogen) atoms. The molecule has 4 nitrogen and oxygen atoms in total. The molecule has 1 heterocycles. The van der Waals surface area contributed by atoms with Gasteiger partial charge in [-0.15, -0.1) is 0 Å². The lowest BCUT2D eigenvalue weighted by molar-refractivity contribution is 0.112. The Bertz CT molecular complexity index is 272. The molecular weight excluding hydrogens is 146 g/mol. The predicted octanol–water partition coefficient (Wildman–Crippen LogP) is 0.608. The molecule has 0 fully saturated rings. The van der Waals surface area contributed by atoms with Crippen molar-refractivity contribution in [1.82, 2.24) is 4.98 Å². The molecule has 0 radical (unpaired) electrons. The molecule has 1 aromatic heterocycles. The van der Waals surface area contributed by atoms with Crippen LogP contribution in [0.2, 0.25) is 0 Å². The smallest absolute Gasteiger partial charge is 0.256 e. The van der Waals surface area contributed by atoms with Gasteiger partial charge < -0.3 is 9.84 Å². The average Bonchev–Trinajstić information content (AvgIpc) is 2.04. The topological polar surface area (TPSA) is 59.4 Å². The number of aromatic hydroxyl groups is 1. The van der Waals surface area contributed by atoms with Crippen molar-refractivity contribution in [2.45, 2.75) is 0 Å². The van der Waals surface area contributed by atoms with Crippen molar-refractivity contribution in [3.8, 4) is 11.6 Å². The Morgan fingerprint density at radius 2 is 2.45 bits per heavy atom. The van der Waals surface area contributed by atoms with Crippen LogP contribution in [0, 0.1) is 0 Å². The minimum absolute atomic E-state index is 0.121. The second-order valence-electron chi connectivity index (χ2n) is 1.91. The SMILES string of the molecule is COc1ncc(C=O)cc1O. The third-order valence-corrected chi connectivity index (χ3v) is 1.18. The summed E-state index contributed by atoms with van der Waals surface area (Å²) < 4.78 is 4.67. The summed E-state index contributed by atoms with van der Waals surface area (Å²) in [7, 11) is 1.39. The van der Waals surface area contributed by atoms with Crippen LogP contribution in [0.3, 0.4) is 0 Å². The van der Waals surface area contributed by atoms with Gasteiger partial charge in [0.1, 0.15) is 0 Å². The van der Waals surface area contributed by atoms with E-state index in [0.717, 1.165) is 0 Å². The fourth-order valence-electron chi connectivity index (χ4n) is 0.678. The van der Waals surface area contributed by atoms with Crippen LogP contribution in [0.15, 0.2) is 12.3 Å². The number of nitrogens with zero attached hydrogens (tertiary/aromatic N) is 1. The monoisotopic (exact) mass is 153 g/mol. The molecule has 4 heteroatoms. The van der Waals surface area contributed by atoms with Gasteiger partial charge in [-0.05, 0) is 6.07 Å². The first-order chi connectivity index (χ1) is 5.27. The van der Waals surface area contributed by atoms with Crippen LogP contribution in [-0.4, -0.2) is 23.5 Å². The number of rotatable bonds is 2. The van der Waals surface area contributed by atoms with Gasteiger partial charge in [0.2, 0.25) is 0 Å². The highest BCUT2D eigenvalue weighted by atomic mass is 16.5. The highest BCUT2D eigenvalue weighted by Gasteiger charge is 2.02. The van der Waals surface area contributed by atoms with E-state index in [-0.39, 0.29) is 11.6 Å². The van der Waals surface area contributed by atoms with E-state index < -0.39 is 0 Å². The van der Waals surface area contributed by atoms with Gasteiger partial charge in [-0.3, -0.25) is 4.79 Å². The molecule has 0 unspecified atom stereocenters. The Balaban J connectivity index is 3.09. The third-order valence-electron chi connectivity index (χ3n) is 1.18. The molecule has 58 valence electrons. The molecule has 0 saturated heterocycles. The van der Waals surface area contributed by atoms with Gasteiger partial charge in [0.25, 0.3) is 5.88 Å². The summed E-state index contributed by atoms with van der Waals surface area (Å²) in [6, 6.07) is 1.29. The van der Waals surface area contributed by atoms with Crippen molar-refractivity contribution in [1.29, 1.82) is 0 Å². The van der Waals surface area contributed by atoms with Crippen molar-refractivity contribution < 1.29 is 14.6 Å². The normalized spacial score (nSPS) is 9.18. The van der Waals surface area contributed by atoms with E-state index in [0.29, 0.717) is 11.8 Å². The number of aromatic nitrogens is 1. The lowest BCUT2D eigenvalue weighted by atomic mass is 10.3. The Labute approximate surface area is 63.5 Å². The Hall–Kier alpha value is -1.58. The number of carbonyl (C=O) groups is 1. The van der Waals surface area contributed by atoms with Gasteiger partial charge in [0, 0.05) is 11.8 Å². The lowest BCUT2D eigenvalue weighted by Crippen LogP contribution is -1.89. The van der Waals surface area contributed by atoms with E-state index in [1.54, 1.807) is 0 Å². The molecule has 1 N–H and O–H groups in total. The first-order valence-electron chi connectivity index (χ1n) is 2.96. The second-order valence-corrected chi connectivity index (χ2v) is 1.91. The number of hydrogen-bond donors (Lipinski definition) is 1. The van der Waals surface area contributed by atoms with Gasteiger partial charge in [-0.25, -0.2) is 4.98 Å². The maximum atomic E-state index is 10.2. The van der Waals surface area contributed by atoms with Crippen LogP contribution < -0.4 is 4.74 Å². The van der Waals surface area contributed by atoms with Crippen LogP contribution in [0.25, 0.3) is 0 Å². The lowest BCUT2D eigenvalue weighted by Gasteiger charge is -2.00. The van der Waals surface area contributed by atoms with Crippen molar-refractivity contribution in [3.05, 3.63) is 17.8 Å². The third kappa shape index (κ3) is 1.46. The molecular formula is C7H7NO3. The summed E-state index contributed by atoms with van der Waals surface area (Å²) in [5.41, 5.74) is 0.323. The van der Waals surface area contributed by atoms with Crippen molar-refractivity contribution in [3.63, 3.8) is 0 Å². The summed E-state index contributed by atoms with van der Waals surface area (Å²) in [4.78, 5) is 13.8. The van der Waals surface area contributed by atoms with Crippen LogP contribution in [0.5, 0.6) is 11.6 Å². The summed E-state index contributed by atoms with van der Waals surface area (Å²) in [6.45, 7) is 0. The van der Waals surface area contributed by atoms with E-state index in [2.05, 4.69) is 9.72 Å². The molecule has 0 atom stereocenters. The number of pyridine rings is 1. The number of ether oxygens (including phenoxy) is 1. The minimum Gasteiger partial charge on any atom is -0.503 e. The van der Waals surface area contributed by atoms with E-state index in [4.69, 9.17) is 5.11 Å². The summed E-state index contributed by atoms with van der Waals surface area (Å²) in [5.74, 6) is -0.00676. The molecule has 1 aromatic rings. The highest BCUT2D eigenvalue weighted by molar-refractivity contribution is 5.75. The van der Waals surface area contributed by atoms with Crippen molar-refractivity contribution in [2.24, 2.45) is 0 Å². The molecule has 1 rings (SSSR count). The van der Waals surface area contributed by atoms with Crippen LogP contribution >= 0.6 is 0 Å². The molecule has 0 bridgehead atoms. The maximum absolute atomic E-state index is 10.2. The average molecular weight is 153 g/mol. The van der Waals surface area contributed by atoms with Gasteiger partial charge in [-0.2, -0.15) is 0 Å². The Kier molecular flexibility index (Phi) is 2.06. The molecule has 0 aliphatic rings. The highest BCUT2D eigenvalue weighted by Crippen LogP contribution is 2.21. The Morgan fingerprint density at radius 3 is 2.91 bits per heavy atom. The molecule has 0 spiro atoms. The first kappa shape index (κ1) is 7.53. The van der Waals surface area contributed by atoms with Crippen molar-refractivity contribution >= 4 is 6.29 Å². The number of hydrogen-bond acceptors (Lipinski definition) is 4. The first-order valence-corrected chi connectivity index (χ1v) is 2.96. The molecule has 0 saturated carbocycles. The van der Waals surface area contributed by atoms with Gasteiger partial charge in [0.05, 0.1) is 7.11 Å². The van der Waals surface area contributed by atoms with Crippen LogP contribution in [0.1, 0.15) is 10.4 Å². The summed E-state index contributed by atoms with van der Waals surface area (Å²) >= 11 is 0. The molecule has 0 amide bonds. The fourth-order valence-corrected chi connectivity index (χ4v) is 0.678. The quantitative estimate of drug-likeness (QED) is 0.632. The van der Waals surface area contributed by atoms with Gasteiger partial charge >= 0.3 is 0 Å². The summed E-state index contributed by atoms with van der Waals surface area (Å²) in [6.07, 6.45) is 1.93. The predicted molar refractivity (Wildman–Crippen MR) is 37.8 cm³/mol. The minimum atomic E-state index is -0.128. The standard InChI is InChI=1S/C7H7NO3/c1-11-7-6(10)2-5(4-9)3-8-7/h2-4,10H,1H3. The molecule has 0 aromatic carbocycles. The molecule has 0 aliphatic carbocycles. The van der Waals surface area contributed by atoms with Crippen LogP contribution in [-0.2, 0) is 0 Å². The van der Waals surface area contributed by atoms with E-state index in [1.165, 1.54) is 19.4 Å². The van der Waals surface area contributed by atoms with Gasteiger partial charge in [-0.1, -0.05) is 0 Å². The maximum Gasteiger partial charge on any atom is 0.256 e. The fraction of sp³-hybridized carbons (Fsp3) is 0.143. The number of methoxy groups -OCH3 is 1. The van der Waals surface area contributed by atoms with E-state index in [1.807, 2.05) is 0 Å². The largest absolute Gasteiger partial charge is 0.503 e. The second kappa shape index (κ2) is 3.01. The zero-order chi connectivity index (χ0) is 8.27. The molecule has 0 aliphatic heterocycles. The zero-order valence-electron chi connectivity index (χ0n) is 5.94. The van der Waals surface area contributed by atoms with Crippen LogP contribution in [0.4, 0.5) is 0 Å². The van der Waals surface area contributed by atoms with E-state index in [9.17, 15) is 4.79 Å². The zero-order valence-corrected chi connectivity index (χ0v) is 5.94. The van der Waals surface area contributed by atoms with E-state index >= 15 is 0 Å². The summed E-state index contributed by atoms with van der Waals surface area (Å²) in [5, 5.41) is 9.08. The Morgan fingerprint density at radius 1 is 1.73 bits per heavy atom. The number of aldehydes is 1. The van der Waals surface area contributed by atoms with Crippen molar-refractivity contribution in [2.75, 3.05) is 7.11 Å². The van der Waals surface area contributed by atoms with Gasteiger partial charge in [0.15, 0.2) is 12.0 Å².